The number of halogens is 2. The van der Waals surface area contributed by atoms with Gasteiger partial charge in [-0.2, -0.15) is 0 Å². The van der Waals surface area contributed by atoms with E-state index in [0.29, 0.717) is 37.0 Å². The molecule has 3 aliphatic rings. The number of fused-ring (bicyclic) bond motifs is 4. The quantitative estimate of drug-likeness (QED) is 0.0578. The van der Waals surface area contributed by atoms with Crippen LogP contribution in [0.5, 0.6) is 5.75 Å². The first-order valence-electron chi connectivity index (χ1n) is 22.7. The third-order valence-corrected chi connectivity index (χ3v) is 21.8. The van der Waals surface area contributed by atoms with Gasteiger partial charge >= 0.3 is 5.97 Å². The lowest BCUT2D eigenvalue weighted by atomic mass is 9.61. The molecular formula is C48H58Cl2N6O6S2Si. The normalized spacial score (nSPS) is 17.5. The minimum absolute atomic E-state index is 0.0140. The van der Waals surface area contributed by atoms with Crippen LogP contribution >= 0.6 is 45.9 Å². The fourth-order valence-electron chi connectivity index (χ4n) is 9.95. The molecule has 12 nitrogen and oxygen atoms in total. The highest BCUT2D eigenvalue weighted by molar-refractivity contribution is 7.18. The Hall–Kier alpha value is -3.64. The minimum Gasteiger partial charge on any atom is -0.506 e. The molecule has 2 aliphatic carbocycles. The SMILES string of the molecule is CC(C)(C)[Si](C)(C)O[C@@H](CNCc1cc2nnn(CCCN3CCC4(CC3)CC(OC(=O)C(O)(c3ccc(Cl)s3)c3ccc(Cl)s3)C4)c2c2c1CCC2)c1ccc(O)c2[nH]c(=O)ccc12. The van der Waals surface area contributed by atoms with E-state index in [1.807, 2.05) is 6.07 Å². The number of phenols is 1. The molecule has 346 valence electrons. The van der Waals surface area contributed by atoms with Crippen LogP contribution in [0.15, 0.2) is 59.4 Å². The fourth-order valence-corrected chi connectivity index (χ4v) is 13.6. The molecule has 0 amide bonds. The van der Waals surface area contributed by atoms with Crippen LogP contribution in [0.3, 0.4) is 0 Å². The molecule has 17 heteroatoms. The number of aryl methyl sites for hydroxylation is 2. The maximum Gasteiger partial charge on any atom is 0.349 e. The van der Waals surface area contributed by atoms with E-state index in [1.54, 1.807) is 36.4 Å². The van der Waals surface area contributed by atoms with E-state index in [9.17, 15) is 19.8 Å². The monoisotopic (exact) mass is 976 g/mol. The Labute approximate surface area is 398 Å². The number of aromatic hydroxyl groups is 1. The summed E-state index contributed by atoms with van der Waals surface area (Å²) in [6, 6.07) is 15.8. The van der Waals surface area contributed by atoms with Crippen molar-refractivity contribution in [3.8, 4) is 5.75 Å². The number of H-pyrrole nitrogens is 1. The number of phenolic OH excluding ortho intramolecular Hbond substituents is 1. The summed E-state index contributed by atoms with van der Waals surface area (Å²) >= 11 is 14.7. The molecule has 1 saturated heterocycles. The van der Waals surface area contributed by atoms with Gasteiger partial charge in [0.1, 0.15) is 17.4 Å². The number of aromatic amines is 1. The van der Waals surface area contributed by atoms with Crippen molar-refractivity contribution < 1.29 is 24.2 Å². The molecule has 5 heterocycles. The third-order valence-electron chi connectivity index (χ3n) is 14.6. The van der Waals surface area contributed by atoms with Gasteiger partial charge in [0.05, 0.1) is 35.6 Å². The summed E-state index contributed by atoms with van der Waals surface area (Å²) < 4.78 is 16.1. The molecular weight excluding hydrogens is 920 g/mol. The van der Waals surface area contributed by atoms with Crippen molar-refractivity contribution in [2.45, 2.75) is 121 Å². The smallest absolute Gasteiger partial charge is 0.349 e. The summed E-state index contributed by atoms with van der Waals surface area (Å²) in [5.74, 6) is -0.637. The van der Waals surface area contributed by atoms with Crippen LogP contribution in [0.2, 0.25) is 26.8 Å². The Morgan fingerprint density at radius 1 is 1.00 bits per heavy atom. The first-order chi connectivity index (χ1) is 30.9. The second kappa shape index (κ2) is 18.1. The van der Waals surface area contributed by atoms with Gasteiger partial charge in [-0.25, -0.2) is 9.48 Å². The number of ether oxygens (including phenoxy) is 1. The fraction of sp³-hybridized carbons (Fsp3) is 0.500. The van der Waals surface area contributed by atoms with Gasteiger partial charge in [0.15, 0.2) is 8.32 Å². The highest BCUT2D eigenvalue weighted by Crippen LogP contribution is 2.52. The topological polar surface area (TPSA) is 155 Å². The molecule has 2 aromatic carbocycles. The Kier molecular flexibility index (Phi) is 12.9. The van der Waals surface area contributed by atoms with Crippen LogP contribution < -0.4 is 10.9 Å². The predicted octanol–water partition coefficient (Wildman–Crippen LogP) is 9.86. The molecule has 65 heavy (non-hydrogen) atoms. The summed E-state index contributed by atoms with van der Waals surface area (Å²) in [7, 11) is -2.23. The highest BCUT2D eigenvalue weighted by atomic mass is 35.5. The van der Waals surface area contributed by atoms with Crippen molar-refractivity contribution in [3.63, 3.8) is 0 Å². The first-order valence-corrected chi connectivity index (χ1v) is 28.0. The highest BCUT2D eigenvalue weighted by Gasteiger charge is 2.51. The van der Waals surface area contributed by atoms with Crippen LogP contribution in [0.4, 0.5) is 0 Å². The van der Waals surface area contributed by atoms with Gasteiger partial charge in [-0.05, 0) is 159 Å². The standard InChI is InChI=1S/C48H58Cl2N6O6S2Si/c1-46(2,3)65(4,5)62-37(32-10-12-36(57)43-33(32)11-17-42(58)52-43)28-51-27-29-24-35-44(34-9-6-8-31(29)34)56(54-53-35)21-7-20-55-22-18-47(19-23-55)25-30(26-47)61-45(59)48(60,38-13-15-40(49)63-38)39-14-16-41(50)64-39/h10-17,24,30,37,51,57,60H,6-9,18-23,25-28H2,1-5H3,(H,52,58)/t37-/m0/s1. The number of hydrogen-bond donors (Lipinski definition) is 4. The molecule has 4 N–H and O–H groups in total. The second-order valence-corrected chi connectivity index (χ2v) is 28.0. The van der Waals surface area contributed by atoms with Crippen molar-refractivity contribution in [2.24, 2.45) is 5.41 Å². The number of benzene rings is 2. The van der Waals surface area contributed by atoms with Crippen molar-refractivity contribution >= 4 is 82.1 Å². The number of nitrogens with zero attached hydrogens (tertiary/aromatic N) is 4. The molecule has 1 aliphatic heterocycles. The Bertz CT molecular complexity index is 2740. The number of likely N-dealkylation sites (tertiary alicyclic amines) is 1. The number of pyridine rings is 1. The zero-order chi connectivity index (χ0) is 45.9. The zero-order valence-corrected chi connectivity index (χ0v) is 41.8. The van der Waals surface area contributed by atoms with E-state index in [-0.39, 0.29) is 34.0 Å². The van der Waals surface area contributed by atoms with E-state index < -0.39 is 19.9 Å². The Balaban J connectivity index is 0.800. The van der Waals surface area contributed by atoms with Gasteiger partial charge < -0.3 is 34.6 Å². The van der Waals surface area contributed by atoms with E-state index in [4.69, 9.17) is 37.5 Å². The summed E-state index contributed by atoms with van der Waals surface area (Å²) in [6.45, 7) is 16.2. The lowest BCUT2D eigenvalue weighted by molar-refractivity contribution is -0.181. The predicted molar refractivity (Wildman–Crippen MR) is 262 cm³/mol. The molecule has 0 bridgehead atoms. The van der Waals surface area contributed by atoms with Crippen molar-refractivity contribution in [1.29, 1.82) is 0 Å². The van der Waals surface area contributed by atoms with Crippen LogP contribution in [0, 0.1) is 5.41 Å². The molecule has 1 atom stereocenters. The van der Waals surface area contributed by atoms with E-state index in [2.05, 4.69) is 65.0 Å². The molecule has 6 aromatic rings. The molecule has 4 aromatic heterocycles. The Morgan fingerprint density at radius 3 is 2.35 bits per heavy atom. The van der Waals surface area contributed by atoms with E-state index >= 15 is 0 Å². The third kappa shape index (κ3) is 9.21. The lowest BCUT2D eigenvalue weighted by Crippen LogP contribution is -2.52. The number of hydrogen-bond acceptors (Lipinski definition) is 12. The van der Waals surface area contributed by atoms with Gasteiger partial charge in [0, 0.05) is 31.1 Å². The van der Waals surface area contributed by atoms with Crippen LogP contribution in [0.1, 0.15) is 97.4 Å². The average molecular weight is 978 g/mol. The average Bonchev–Trinajstić information content (AvgIpc) is 4.08. The number of carbonyl (C=O) groups excluding carboxylic acids is 1. The number of piperidine rings is 1. The number of carbonyl (C=O) groups is 1. The van der Waals surface area contributed by atoms with Crippen LogP contribution in [0.25, 0.3) is 21.9 Å². The maximum atomic E-state index is 13.6. The van der Waals surface area contributed by atoms with E-state index in [1.165, 1.54) is 22.8 Å². The number of esters is 1. The lowest BCUT2D eigenvalue weighted by Gasteiger charge is -2.51. The molecule has 1 saturated carbocycles. The number of rotatable bonds is 15. The zero-order valence-electron chi connectivity index (χ0n) is 37.6. The van der Waals surface area contributed by atoms with Gasteiger partial charge in [-0.3, -0.25) is 4.79 Å². The number of thiophene rings is 2. The van der Waals surface area contributed by atoms with Crippen molar-refractivity contribution in [2.75, 3.05) is 26.2 Å². The summed E-state index contributed by atoms with van der Waals surface area (Å²) in [6.07, 6.45) is 7.29. The Morgan fingerprint density at radius 2 is 1.69 bits per heavy atom. The van der Waals surface area contributed by atoms with Gasteiger partial charge in [0.25, 0.3) is 0 Å². The van der Waals surface area contributed by atoms with Crippen molar-refractivity contribution in [3.05, 3.63) is 106 Å². The van der Waals surface area contributed by atoms with Gasteiger partial charge in [-0.1, -0.05) is 55.3 Å². The van der Waals surface area contributed by atoms with E-state index in [0.717, 1.165) is 122 Å². The number of nitrogens with one attached hydrogen (secondary N) is 2. The summed E-state index contributed by atoms with van der Waals surface area (Å²) in [5, 5.41) is 36.3. The van der Waals surface area contributed by atoms with Gasteiger partial charge in [0.2, 0.25) is 11.2 Å². The summed E-state index contributed by atoms with van der Waals surface area (Å²) in [4.78, 5) is 32.0. The summed E-state index contributed by atoms with van der Waals surface area (Å²) in [5.41, 5.74) is 5.41. The molecule has 0 radical (unpaired) electrons. The number of aromatic nitrogens is 4. The molecule has 9 rings (SSSR count). The van der Waals surface area contributed by atoms with Crippen molar-refractivity contribution in [1.82, 2.24) is 30.2 Å². The minimum atomic E-state index is -2.23. The maximum absolute atomic E-state index is 13.6. The van der Waals surface area contributed by atoms with Crippen LogP contribution in [-0.2, 0) is 45.5 Å². The second-order valence-electron chi connectivity index (χ2n) is 19.9. The molecule has 2 fully saturated rings. The molecule has 0 unspecified atom stereocenters. The van der Waals surface area contributed by atoms with Gasteiger partial charge in [-0.15, -0.1) is 27.8 Å². The molecule has 1 spiro atoms. The van der Waals surface area contributed by atoms with Crippen LogP contribution in [-0.4, -0.2) is 81.7 Å². The largest absolute Gasteiger partial charge is 0.506 e. The number of aliphatic hydroxyl groups is 1. The first kappa shape index (κ1) is 46.5.